The second kappa shape index (κ2) is 13.0. The summed E-state index contributed by atoms with van der Waals surface area (Å²) in [4.78, 5) is 15.0. The highest BCUT2D eigenvalue weighted by molar-refractivity contribution is 8.19. The Hall–Kier alpha value is -3.16. The lowest BCUT2D eigenvalue weighted by Crippen LogP contribution is -2.51. The lowest BCUT2D eigenvalue weighted by Gasteiger charge is -2.36. The Balaban J connectivity index is 1.54. The lowest BCUT2D eigenvalue weighted by molar-refractivity contribution is -0.0681. The van der Waals surface area contributed by atoms with E-state index in [9.17, 15) is 18.3 Å². The van der Waals surface area contributed by atoms with Crippen molar-refractivity contribution in [2.75, 3.05) is 18.1 Å². The number of hydrogen-bond donors (Lipinski definition) is 1. The molecule has 1 aromatic heterocycles. The van der Waals surface area contributed by atoms with Gasteiger partial charge >= 0.3 is 6.09 Å². The number of nitrogens with zero attached hydrogens (tertiary/aromatic N) is 2. The first-order valence-corrected chi connectivity index (χ1v) is 19.0. The van der Waals surface area contributed by atoms with Crippen molar-refractivity contribution in [3.63, 3.8) is 0 Å². The molecule has 2 fully saturated rings. The Bertz CT molecular complexity index is 1850. The molecule has 2 atom stereocenters. The van der Waals surface area contributed by atoms with Gasteiger partial charge in [-0.2, -0.15) is 0 Å². The highest BCUT2D eigenvalue weighted by atomic mass is 32.2. The van der Waals surface area contributed by atoms with Gasteiger partial charge in [-0.3, -0.25) is 4.90 Å². The summed E-state index contributed by atoms with van der Waals surface area (Å²) in [5, 5.41) is 12.7. The van der Waals surface area contributed by atoms with Crippen molar-refractivity contribution in [1.82, 2.24) is 8.87 Å². The third kappa shape index (κ3) is 6.89. The van der Waals surface area contributed by atoms with Gasteiger partial charge in [-0.05, 0) is 76.1 Å². The van der Waals surface area contributed by atoms with Crippen molar-refractivity contribution in [3.8, 4) is 5.75 Å². The summed E-state index contributed by atoms with van der Waals surface area (Å²) >= 11 is 3.61. The van der Waals surface area contributed by atoms with E-state index < -0.39 is 39.6 Å². The van der Waals surface area contributed by atoms with Crippen LogP contribution in [0.1, 0.15) is 62.1 Å². The molecule has 0 unspecified atom stereocenters. The van der Waals surface area contributed by atoms with Crippen molar-refractivity contribution in [2.24, 2.45) is 0 Å². The van der Waals surface area contributed by atoms with Crippen LogP contribution in [0.5, 0.6) is 5.75 Å². The Labute approximate surface area is 284 Å². The normalized spacial score (nSPS) is 19.3. The largest absolute Gasteiger partial charge is 0.488 e. The number of benzene rings is 3. The molecule has 0 radical (unpaired) electrons. The molecule has 0 saturated carbocycles. The summed E-state index contributed by atoms with van der Waals surface area (Å²) in [6.45, 7) is 8.98. The van der Waals surface area contributed by atoms with Gasteiger partial charge in [0.25, 0.3) is 10.0 Å². The van der Waals surface area contributed by atoms with E-state index >= 15 is 0 Å². The van der Waals surface area contributed by atoms with E-state index in [0.717, 1.165) is 22.6 Å². The Morgan fingerprint density at radius 2 is 1.66 bits per heavy atom. The summed E-state index contributed by atoms with van der Waals surface area (Å²) in [5.41, 5.74) is 0.463. The second-order valence-corrected chi connectivity index (χ2v) is 17.6. The maximum Gasteiger partial charge on any atom is 0.413 e. The molecule has 0 bridgehead atoms. The molecule has 12 heteroatoms. The summed E-state index contributed by atoms with van der Waals surface area (Å²) in [7, 11) is -4.23. The van der Waals surface area contributed by atoms with Gasteiger partial charge in [-0.15, -0.1) is 23.5 Å². The number of hydrogen-bond acceptors (Lipinski definition) is 9. The van der Waals surface area contributed by atoms with E-state index in [1.54, 1.807) is 82.4 Å². The van der Waals surface area contributed by atoms with E-state index in [1.807, 2.05) is 42.5 Å². The molecule has 47 heavy (non-hydrogen) atoms. The van der Waals surface area contributed by atoms with Crippen molar-refractivity contribution in [1.29, 1.82) is 0 Å². The van der Waals surface area contributed by atoms with Gasteiger partial charge in [0.1, 0.15) is 29.8 Å². The van der Waals surface area contributed by atoms with Gasteiger partial charge in [0, 0.05) is 16.9 Å². The van der Waals surface area contributed by atoms with E-state index in [4.69, 9.17) is 14.2 Å². The van der Waals surface area contributed by atoms with Crippen LogP contribution in [0, 0.1) is 0 Å². The van der Waals surface area contributed by atoms with Crippen LogP contribution in [0.25, 0.3) is 10.9 Å². The second-order valence-electron chi connectivity index (χ2n) is 13.1. The van der Waals surface area contributed by atoms with Gasteiger partial charge in [-0.1, -0.05) is 48.5 Å². The number of rotatable bonds is 8. The molecule has 3 aromatic carbocycles. The average Bonchev–Trinajstić information content (AvgIpc) is 3.77. The molecule has 1 N–H and O–H groups in total. The minimum absolute atomic E-state index is 0.0295. The van der Waals surface area contributed by atoms with Gasteiger partial charge in [-0.25, -0.2) is 17.2 Å². The summed E-state index contributed by atoms with van der Waals surface area (Å²) in [6.07, 6.45) is -2.13. The van der Waals surface area contributed by atoms with Gasteiger partial charge in [0.05, 0.1) is 33.3 Å². The summed E-state index contributed by atoms with van der Waals surface area (Å²) in [6, 6.07) is 22.5. The number of amides is 1. The number of carbonyl (C=O) groups excluding carboxylic acids is 1. The zero-order valence-corrected chi connectivity index (χ0v) is 29.5. The van der Waals surface area contributed by atoms with Gasteiger partial charge in [0.15, 0.2) is 0 Å². The molecule has 3 heterocycles. The lowest BCUT2D eigenvalue weighted by atomic mass is 10.1. The van der Waals surface area contributed by atoms with Crippen LogP contribution < -0.4 is 4.74 Å². The van der Waals surface area contributed by atoms with Gasteiger partial charge in [0.2, 0.25) is 0 Å². The Morgan fingerprint density at radius 3 is 2.30 bits per heavy atom. The van der Waals surface area contributed by atoms with Crippen LogP contribution in [0.3, 0.4) is 0 Å². The van der Waals surface area contributed by atoms with Crippen LogP contribution >= 0.6 is 23.5 Å². The van der Waals surface area contributed by atoms with Crippen molar-refractivity contribution >= 4 is 50.5 Å². The van der Waals surface area contributed by atoms with E-state index in [-0.39, 0.29) is 28.4 Å². The fourth-order valence-corrected chi connectivity index (χ4v) is 10.3. The standard InChI is InChI=1S/C35H40N2O7S3/c1-34(2,3)44-33(39)36-29(22-43-35(36,4)5)31(38)28-20-26-27(37(28)47(40,41)25-14-10-7-11-15-25)18-24(32-45-16-17-46-32)19-30(26)42-21-23-12-8-6-9-13-23/h6-15,18-20,29,31-32,38H,16-17,21-22H2,1-5H3/t29-,31+/m0/s1. The molecular weight excluding hydrogens is 657 g/mol. The molecule has 1 amide bonds. The third-order valence-corrected chi connectivity index (χ3v) is 12.9. The van der Waals surface area contributed by atoms with Crippen LogP contribution in [0.15, 0.2) is 83.8 Å². The first-order valence-electron chi connectivity index (χ1n) is 15.5. The fraction of sp³-hybridized carbons (Fsp3) is 0.400. The van der Waals surface area contributed by atoms with Crippen molar-refractivity contribution in [3.05, 3.63) is 95.7 Å². The molecule has 0 spiro atoms. The number of thioether (sulfide) groups is 2. The van der Waals surface area contributed by atoms with Crippen LogP contribution in [0.4, 0.5) is 4.79 Å². The molecule has 6 rings (SSSR count). The molecule has 4 aromatic rings. The molecule has 2 saturated heterocycles. The van der Waals surface area contributed by atoms with E-state index in [1.165, 1.54) is 21.0 Å². The third-order valence-electron chi connectivity index (χ3n) is 8.08. The minimum atomic E-state index is -4.23. The number of fused-ring (bicyclic) bond motifs is 1. The Kier molecular flexibility index (Phi) is 9.36. The van der Waals surface area contributed by atoms with Crippen LogP contribution in [-0.4, -0.2) is 64.0 Å². The highest BCUT2D eigenvalue weighted by Crippen LogP contribution is 2.48. The number of ether oxygens (including phenoxy) is 3. The smallest absolute Gasteiger partial charge is 0.413 e. The number of aromatic nitrogens is 1. The number of aliphatic hydroxyl groups excluding tert-OH is 1. The molecule has 9 nitrogen and oxygen atoms in total. The van der Waals surface area contributed by atoms with Crippen molar-refractivity contribution in [2.45, 2.75) is 74.2 Å². The van der Waals surface area contributed by atoms with Gasteiger partial charge < -0.3 is 19.3 Å². The molecule has 250 valence electrons. The molecule has 2 aliphatic rings. The topological polar surface area (TPSA) is 107 Å². The van der Waals surface area contributed by atoms with E-state index in [2.05, 4.69) is 0 Å². The number of carbonyl (C=O) groups is 1. The molecule has 2 aliphatic heterocycles. The minimum Gasteiger partial charge on any atom is -0.488 e. The Morgan fingerprint density at radius 1 is 1.02 bits per heavy atom. The van der Waals surface area contributed by atoms with Crippen molar-refractivity contribution < 1.29 is 32.5 Å². The summed E-state index contributed by atoms with van der Waals surface area (Å²) in [5.74, 6) is 2.48. The predicted octanol–water partition coefficient (Wildman–Crippen LogP) is 7.34. The molecule has 0 aliphatic carbocycles. The quantitative estimate of drug-likeness (QED) is 0.203. The number of aliphatic hydroxyl groups is 1. The SMILES string of the molecule is CC(C)(C)OC(=O)N1[C@H]([C@H](O)c2cc3c(OCc4ccccc4)cc(C4SCCS4)cc3n2S(=O)(=O)c2ccccc2)COC1(C)C. The maximum absolute atomic E-state index is 14.6. The zero-order valence-electron chi connectivity index (χ0n) is 27.1. The van der Waals surface area contributed by atoms with E-state index in [0.29, 0.717) is 16.7 Å². The maximum atomic E-state index is 14.6. The van der Waals surface area contributed by atoms with Crippen LogP contribution in [-0.2, 0) is 26.1 Å². The monoisotopic (exact) mass is 696 g/mol. The first-order chi connectivity index (χ1) is 22.3. The first kappa shape index (κ1) is 33.7. The fourth-order valence-electron chi connectivity index (χ4n) is 5.93. The molecular formula is C35H40N2O7S3. The van der Waals surface area contributed by atoms with Crippen LogP contribution in [0.2, 0.25) is 0 Å². The highest BCUT2D eigenvalue weighted by Gasteiger charge is 2.50. The predicted molar refractivity (Wildman–Crippen MR) is 186 cm³/mol. The summed E-state index contributed by atoms with van der Waals surface area (Å²) < 4.78 is 48.6. The average molecular weight is 697 g/mol. The zero-order chi connectivity index (χ0) is 33.6.